The van der Waals surface area contributed by atoms with Gasteiger partial charge in [0.05, 0.1) is 42.7 Å². The molecule has 3 saturated heterocycles. The molecule has 248 valence electrons. The Hall–Kier alpha value is -4.07. The smallest absolute Gasteiger partial charge is 0.250 e. The Bertz CT molecular complexity index is 1680. The van der Waals surface area contributed by atoms with Gasteiger partial charge in [0.15, 0.2) is 0 Å². The molecule has 6 rings (SSSR count). The van der Waals surface area contributed by atoms with Gasteiger partial charge in [-0.2, -0.15) is 0 Å². The number of halogens is 1. The van der Waals surface area contributed by atoms with Crippen LogP contribution in [0.15, 0.2) is 73.8 Å². The lowest BCUT2D eigenvalue weighted by Crippen LogP contribution is -2.58. The maximum absolute atomic E-state index is 14.8. The summed E-state index contributed by atoms with van der Waals surface area (Å²) in [5.74, 6) is -2.22. The van der Waals surface area contributed by atoms with Gasteiger partial charge in [-0.1, -0.05) is 45.4 Å². The molecule has 0 radical (unpaired) electrons. The zero-order valence-corrected chi connectivity index (χ0v) is 28.0. The third kappa shape index (κ3) is 5.43. The van der Waals surface area contributed by atoms with Gasteiger partial charge in [-0.25, -0.2) is 4.68 Å². The number of likely N-dealkylation sites (tertiary alicyclic amines) is 1. The molecule has 2 aromatic carbocycles. The molecule has 1 spiro atoms. The van der Waals surface area contributed by atoms with Crippen molar-refractivity contribution in [2.75, 3.05) is 31.2 Å². The van der Waals surface area contributed by atoms with Crippen LogP contribution in [0.5, 0.6) is 5.75 Å². The molecular weight excluding hydrogens is 668 g/mol. The number of benzene rings is 2. The summed E-state index contributed by atoms with van der Waals surface area (Å²) >= 11 is 3.75. The van der Waals surface area contributed by atoms with E-state index in [-0.39, 0.29) is 48.9 Å². The molecule has 4 heterocycles. The van der Waals surface area contributed by atoms with Crippen LogP contribution >= 0.6 is 15.9 Å². The highest BCUT2D eigenvalue weighted by molar-refractivity contribution is 9.09. The fraction of sp³-hybridized carbons (Fsp3) is 0.441. The molecule has 3 aromatic rings. The van der Waals surface area contributed by atoms with Gasteiger partial charge in [0, 0.05) is 23.6 Å². The fourth-order valence-corrected chi connectivity index (χ4v) is 8.38. The summed E-state index contributed by atoms with van der Waals surface area (Å²) in [4.78, 5) is 48.1. The summed E-state index contributed by atoms with van der Waals surface area (Å²) in [6.07, 6.45) is 2.93. The highest BCUT2D eigenvalue weighted by Crippen LogP contribution is 2.61. The van der Waals surface area contributed by atoms with Gasteiger partial charge >= 0.3 is 0 Å². The lowest BCUT2D eigenvalue weighted by Gasteiger charge is -2.38. The van der Waals surface area contributed by atoms with Crippen molar-refractivity contribution in [3.8, 4) is 5.75 Å². The van der Waals surface area contributed by atoms with Crippen molar-refractivity contribution in [2.45, 2.75) is 55.6 Å². The van der Waals surface area contributed by atoms with E-state index in [0.29, 0.717) is 30.0 Å². The Morgan fingerprint density at radius 3 is 2.57 bits per heavy atom. The lowest BCUT2D eigenvalue weighted by atomic mass is 9.70. The third-order valence-electron chi connectivity index (χ3n) is 9.41. The summed E-state index contributed by atoms with van der Waals surface area (Å²) in [6.45, 7) is 11.9. The van der Waals surface area contributed by atoms with Gasteiger partial charge in [-0.05, 0) is 56.7 Å². The molecule has 7 atom stereocenters. The standard InChI is InChI=1S/C34H39BrN6O6/c1-5-16-38(20-40-26-11-9-8-10-25(26)36-37-40)33(45)30-34-18-24(35)29(47-34)27(28(34)32(44)41(30)21(4)19-42)31(43)39(17-6-2)22-12-14-23(15-13-22)46-7-3/h5-6,8-15,21,24,27-30,42H,1-2,7,16-20H2,3-4H3/t21-,24?,27+,28+,29+,30?,34?/m1/s1. The predicted molar refractivity (Wildman–Crippen MR) is 179 cm³/mol. The van der Waals surface area contributed by atoms with Gasteiger partial charge in [0.1, 0.15) is 29.6 Å². The minimum Gasteiger partial charge on any atom is -0.494 e. The number of hydrogen-bond donors (Lipinski definition) is 1. The van der Waals surface area contributed by atoms with E-state index in [1.165, 1.54) is 4.90 Å². The number of rotatable bonds is 13. The van der Waals surface area contributed by atoms with Crippen molar-refractivity contribution in [1.29, 1.82) is 0 Å². The molecule has 3 unspecified atom stereocenters. The van der Waals surface area contributed by atoms with Crippen LogP contribution in [-0.2, 0) is 25.8 Å². The third-order valence-corrected chi connectivity index (χ3v) is 10.3. The number of amides is 3. The first-order valence-corrected chi connectivity index (χ1v) is 16.7. The fourth-order valence-electron chi connectivity index (χ4n) is 7.44. The molecule has 3 aliphatic heterocycles. The van der Waals surface area contributed by atoms with Crippen LogP contribution in [0.2, 0.25) is 0 Å². The normalized spacial score (nSPS) is 26.7. The van der Waals surface area contributed by atoms with Gasteiger partial charge in [0.25, 0.3) is 0 Å². The van der Waals surface area contributed by atoms with Gasteiger partial charge in [0.2, 0.25) is 17.7 Å². The van der Waals surface area contributed by atoms with Crippen LogP contribution in [-0.4, -0.2) is 103 Å². The summed E-state index contributed by atoms with van der Waals surface area (Å²) < 4.78 is 13.9. The van der Waals surface area contributed by atoms with E-state index in [0.717, 1.165) is 5.52 Å². The Kier molecular flexibility index (Phi) is 9.23. The predicted octanol–water partition coefficient (Wildman–Crippen LogP) is 3.15. The Morgan fingerprint density at radius 1 is 1.17 bits per heavy atom. The van der Waals surface area contributed by atoms with Crippen molar-refractivity contribution >= 4 is 50.4 Å². The van der Waals surface area contributed by atoms with Crippen molar-refractivity contribution in [3.63, 3.8) is 0 Å². The average molecular weight is 708 g/mol. The minimum absolute atomic E-state index is 0.0481. The number of aromatic nitrogens is 3. The van der Waals surface area contributed by atoms with E-state index in [4.69, 9.17) is 9.47 Å². The Labute approximate surface area is 281 Å². The van der Waals surface area contributed by atoms with Crippen molar-refractivity contribution < 1.29 is 29.0 Å². The number of hydrogen-bond acceptors (Lipinski definition) is 8. The summed E-state index contributed by atoms with van der Waals surface area (Å²) in [7, 11) is 0. The van der Waals surface area contributed by atoms with Gasteiger partial charge < -0.3 is 29.3 Å². The van der Waals surface area contributed by atoms with Crippen LogP contribution in [0.1, 0.15) is 20.3 Å². The SMILES string of the molecule is C=CCN(Cn1nnc2ccccc21)C(=O)C1N([C@H](C)CO)C(=O)[C@@H]2[C@H](C(=O)N(CC=C)c3ccc(OCC)cc3)[C@H]3OC12CC3Br. The number of para-hydroxylation sites is 1. The monoisotopic (exact) mass is 706 g/mol. The molecule has 0 aliphatic carbocycles. The van der Waals surface area contributed by atoms with Crippen LogP contribution < -0.4 is 9.64 Å². The highest BCUT2D eigenvalue weighted by Gasteiger charge is 2.77. The number of nitrogens with zero attached hydrogens (tertiary/aromatic N) is 6. The lowest BCUT2D eigenvalue weighted by molar-refractivity contribution is -0.151. The second kappa shape index (κ2) is 13.2. The van der Waals surface area contributed by atoms with E-state index in [1.807, 2.05) is 31.2 Å². The summed E-state index contributed by atoms with van der Waals surface area (Å²) in [5, 5.41) is 18.8. The second-order valence-corrected chi connectivity index (χ2v) is 13.3. The number of carbonyl (C=O) groups excluding carboxylic acids is 3. The van der Waals surface area contributed by atoms with Crippen molar-refractivity contribution in [3.05, 3.63) is 73.8 Å². The van der Waals surface area contributed by atoms with E-state index in [9.17, 15) is 19.5 Å². The average Bonchev–Trinajstić information content (AvgIpc) is 3.80. The summed E-state index contributed by atoms with van der Waals surface area (Å²) in [6, 6.07) is 12.8. The molecular formula is C34H39BrN6O6. The maximum Gasteiger partial charge on any atom is 0.250 e. The number of fused-ring (bicyclic) bond motifs is 2. The number of carbonyl (C=O) groups is 3. The van der Waals surface area contributed by atoms with Crippen molar-refractivity contribution in [2.24, 2.45) is 11.8 Å². The second-order valence-electron chi connectivity index (χ2n) is 12.2. The molecule has 47 heavy (non-hydrogen) atoms. The van der Waals surface area contributed by atoms with E-state index >= 15 is 0 Å². The largest absolute Gasteiger partial charge is 0.494 e. The van der Waals surface area contributed by atoms with Crippen LogP contribution in [0.4, 0.5) is 5.69 Å². The Morgan fingerprint density at radius 2 is 1.89 bits per heavy atom. The van der Waals surface area contributed by atoms with E-state index < -0.39 is 35.6 Å². The zero-order chi connectivity index (χ0) is 33.5. The highest BCUT2D eigenvalue weighted by atomic mass is 79.9. The minimum atomic E-state index is -1.31. The maximum atomic E-state index is 14.8. The van der Waals surface area contributed by atoms with E-state index in [1.54, 1.807) is 57.8 Å². The molecule has 0 saturated carbocycles. The number of anilines is 1. The van der Waals surface area contributed by atoms with Crippen molar-refractivity contribution in [1.82, 2.24) is 24.8 Å². The number of alkyl halides is 1. The zero-order valence-electron chi connectivity index (χ0n) is 26.4. The molecule has 3 fully saturated rings. The molecule has 3 aliphatic rings. The van der Waals surface area contributed by atoms with Crippen LogP contribution in [0.3, 0.4) is 0 Å². The number of ether oxygens (including phenoxy) is 2. The molecule has 1 aromatic heterocycles. The van der Waals surface area contributed by atoms with Crippen LogP contribution in [0.25, 0.3) is 11.0 Å². The quantitative estimate of drug-likeness (QED) is 0.212. The Balaban J connectivity index is 1.38. The first kappa shape index (κ1) is 32.9. The molecule has 13 heteroatoms. The molecule has 12 nitrogen and oxygen atoms in total. The van der Waals surface area contributed by atoms with Gasteiger partial charge in [-0.3, -0.25) is 14.4 Å². The first-order valence-electron chi connectivity index (χ1n) is 15.8. The topological polar surface area (TPSA) is 130 Å². The summed E-state index contributed by atoms with van der Waals surface area (Å²) in [5.41, 5.74) is 0.743. The number of aliphatic hydroxyl groups is 1. The first-order chi connectivity index (χ1) is 22.7. The molecule has 2 bridgehead atoms. The number of aliphatic hydroxyl groups excluding tert-OH is 1. The molecule has 1 N–H and O–H groups in total. The molecule has 3 amide bonds. The van der Waals surface area contributed by atoms with Crippen LogP contribution in [0, 0.1) is 11.8 Å². The van der Waals surface area contributed by atoms with Gasteiger partial charge in [-0.15, -0.1) is 18.3 Å². The van der Waals surface area contributed by atoms with E-state index in [2.05, 4.69) is 39.4 Å².